The van der Waals surface area contributed by atoms with Gasteiger partial charge < -0.3 is 10.2 Å². The smallest absolute Gasteiger partial charge is 0.234 e. The van der Waals surface area contributed by atoms with Crippen molar-refractivity contribution in [1.29, 1.82) is 0 Å². The lowest BCUT2D eigenvalue weighted by Gasteiger charge is -2.33. The molecule has 1 aromatic rings. The summed E-state index contributed by atoms with van der Waals surface area (Å²) in [4.78, 5) is 27.2. The zero-order valence-electron chi connectivity index (χ0n) is 12.7. The zero-order chi connectivity index (χ0) is 15.2. The molecule has 2 rings (SSSR count). The van der Waals surface area contributed by atoms with E-state index in [1.165, 1.54) is 0 Å². The topological polar surface area (TPSA) is 52.7 Å². The molecule has 0 spiro atoms. The largest absolute Gasteiger partial charge is 0.348 e. The maximum atomic E-state index is 12.1. The third-order valence-electron chi connectivity index (χ3n) is 3.86. The van der Waals surface area contributed by atoms with Crippen molar-refractivity contribution in [2.45, 2.75) is 19.9 Å². The number of hydrogen-bond acceptors (Lipinski definition) is 3. The Morgan fingerprint density at radius 3 is 2.33 bits per heavy atom. The van der Waals surface area contributed by atoms with Crippen molar-refractivity contribution < 1.29 is 9.59 Å². The Bertz CT molecular complexity index is 482. The van der Waals surface area contributed by atoms with E-state index in [9.17, 15) is 9.59 Å². The van der Waals surface area contributed by atoms with Crippen molar-refractivity contribution in [3.05, 3.63) is 35.9 Å². The maximum absolute atomic E-state index is 12.1. The fraction of sp³-hybridized carbons (Fsp3) is 0.500. The summed E-state index contributed by atoms with van der Waals surface area (Å²) in [6.45, 7) is 6.89. The van der Waals surface area contributed by atoms with Crippen LogP contribution in [0.3, 0.4) is 0 Å². The SMILES string of the molecule is CC(=O)N1CCN(CC(=O)N[C@H](C)c2ccccc2)CC1. The normalized spacial score (nSPS) is 17.3. The second-order valence-electron chi connectivity index (χ2n) is 5.48. The van der Waals surface area contributed by atoms with E-state index in [-0.39, 0.29) is 17.9 Å². The van der Waals surface area contributed by atoms with E-state index in [0.29, 0.717) is 19.6 Å². The van der Waals surface area contributed by atoms with E-state index in [2.05, 4.69) is 10.2 Å². The van der Waals surface area contributed by atoms with Gasteiger partial charge >= 0.3 is 0 Å². The van der Waals surface area contributed by atoms with Crippen molar-refractivity contribution in [3.63, 3.8) is 0 Å². The van der Waals surface area contributed by atoms with Crippen molar-refractivity contribution in [3.8, 4) is 0 Å². The quantitative estimate of drug-likeness (QED) is 0.900. The van der Waals surface area contributed by atoms with Gasteiger partial charge in [0.05, 0.1) is 12.6 Å². The highest BCUT2D eigenvalue weighted by Gasteiger charge is 2.20. The number of carbonyl (C=O) groups is 2. The molecule has 0 aliphatic carbocycles. The summed E-state index contributed by atoms with van der Waals surface area (Å²) < 4.78 is 0. The summed E-state index contributed by atoms with van der Waals surface area (Å²) in [5.41, 5.74) is 1.10. The first-order chi connectivity index (χ1) is 10.1. The molecule has 1 aliphatic rings. The summed E-state index contributed by atoms with van der Waals surface area (Å²) in [6, 6.07) is 9.94. The molecule has 1 N–H and O–H groups in total. The van der Waals surface area contributed by atoms with Crippen LogP contribution in [0.15, 0.2) is 30.3 Å². The number of benzene rings is 1. The van der Waals surface area contributed by atoms with Crippen LogP contribution in [0.5, 0.6) is 0 Å². The van der Waals surface area contributed by atoms with Gasteiger partial charge in [-0.25, -0.2) is 0 Å². The van der Waals surface area contributed by atoms with Crippen molar-refractivity contribution in [2.75, 3.05) is 32.7 Å². The molecule has 0 saturated carbocycles. The van der Waals surface area contributed by atoms with Gasteiger partial charge in [-0.2, -0.15) is 0 Å². The molecule has 21 heavy (non-hydrogen) atoms. The molecule has 1 fully saturated rings. The Labute approximate surface area is 125 Å². The molecule has 1 atom stereocenters. The van der Waals surface area contributed by atoms with Crippen LogP contribution in [-0.2, 0) is 9.59 Å². The Morgan fingerprint density at radius 1 is 1.14 bits per heavy atom. The molecule has 114 valence electrons. The lowest BCUT2D eigenvalue weighted by atomic mass is 10.1. The lowest BCUT2D eigenvalue weighted by molar-refractivity contribution is -0.131. The first-order valence-electron chi connectivity index (χ1n) is 7.38. The van der Waals surface area contributed by atoms with Gasteiger partial charge in [0, 0.05) is 33.1 Å². The number of hydrogen-bond donors (Lipinski definition) is 1. The number of nitrogens with zero attached hydrogens (tertiary/aromatic N) is 2. The van der Waals surface area contributed by atoms with E-state index >= 15 is 0 Å². The number of nitrogens with one attached hydrogen (secondary N) is 1. The van der Waals surface area contributed by atoms with E-state index in [0.717, 1.165) is 18.7 Å². The highest BCUT2D eigenvalue weighted by Crippen LogP contribution is 2.11. The summed E-state index contributed by atoms with van der Waals surface area (Å²) in [6.07, 6.45) is 0. The van der Waals surface area contributed by atoms with Crippen LogP contribution in [0.2, 0.25) is 0 Å². The van der Waals surface area contributed by atoms with Crippen molar-refractivity contribution in [1.82, 2.24) is 15.1 Å². The van der Waals surface area contributed by atoms with E-state index in [1.807, 2.05) is 42.2 Å². The van der Waals surface area contributed by atoms with E-state index < -0.39 is 0 Å². The number of rotatable bonds is 4. The first kappa shape index (κ1) is 15.5. The molecule has 0 unspecified atom stereocenters. The van der Waals surface area contributed by atoms with Crippen LogP contribution in [0.4, 0.5) is 0 Å². The molecule has 0 bridgehead atoms. The maximum Gasteiger partial charge on any atom is 0.234 e. The average Bonchev–Trinajstić information content (AvgIpc) is 2.48. The summed E-state index contributed by atoms with van der Waals surface area (Å²) in [7, 11) is 0. The van der Waals surface area contributed by atoms with Crippen LogP contribution in [0, 0.1) is 0 Å². The molecule has 1 aromatic carbocycles. The monoisotopic (exact) mass is 289 g/mol. The Morgan fingerprint density at radius 2 is 1.76 bits per heavy atom. The fourth-order valence-corrected chi connectivity index (χ4v) is 2.54. The van der Waals surface area contributed by atoms with Crippen LogP contribution >= 0.6 is 0 Å². The van der Waals surface area contributed by atoms with Gasteiger partial charge in [-0.1, -0.05) is 30.3 Å². The third kappa shape index (κ3) is 4.56. The Hall–Kier alpha value is -1.88. The Kier molecular flexibility index (Phi) is 5.33. The van der Waals surface area contributed by atoms with Crippen LogP contribution in [-0.4, -0.2) is 54.3 Å². The molecular formula is C16H23N3O2. The van der Waals surface area contributed by atoms with Gasteiger partial charge in [0.25, 0.3) is 0 Å². The highest BCUT2D eigenvalue weighted by molar-refractivity contribution is 5.78. The molecule has 1 aliphatic heterocycles. The second-order valence-corrected chi connectivity index (χ2v) is 5.48. The molecular weight excluding hydrogens is 266 g/mol. The lowest BCUT2D eigenvalue weighted by Crippen LogP contribution is -2.50. The van der Waals surface area contributed by atoms with Crippen LogP contribution < -0.4 is 5.32 Å². The molecule has 2 amide bonds. The molecule has 5 heteroatoms. The minimum absolute atomic E-state index is 0.0113. The summed E-state index contributed by atoms with van der Waals surface area (Å²) >= 11 is 0. The Balaban J connectivity index is 1.76. The molecule has 1 heterocycles. The summed E-state index contributed by atoms with van der Waals surface area (Å²) in [5.74, 6) is 0.138. The molecule has 0 radical (unpaired) electrons. The third-order valence-corrected chi connectivity index (χ3v) is 3.86. The fourth-order valence-electron chi connectivity index (χ4n) is 2.54. The number of carbonyl (C=O) groups excluding carboxylic acids is 2. The predicted octanol–water partition coefficient (Wildman–Crippen LogP) is 1.03. The van der Waals surface area contributed by atoms with Gasteiger partial charge in [0.1, 0.15) is 0 Å². The molecule has 0 aromatic heterocycles. The highest BCUT2D eigenvalue weighted by atomic mass is 16.2. The number of piperazine rings is 1. The minimum atomic E-state index is 0.0113. The van der Waals surface area contributed by atoms with Gasteiger partial charge in [-0.05, 0) is 12.5 Å². The van der Waals surface area contributed by atoms with Gasteiger partial charge in [0.2, 0.25) is 11.8 Å². The van der Waals surface area contributed by atoms with Crippen molar-refractivity contribution >= 4 is 11.8 Å². The summed E-state index contributed by atoms with van der Waals surface area (Å²) in [5, 5.41) is 3.02. The molecule has 1 saturated heterocycles. The van der Waals surface area contributed by atoms with Crippen LogP contribution in [0.25, 0.3) is 0 Å². The average molecular weight is 289 g/mol. The second kappa shape index (κ2) is 7.22. The standard InChI is InChI=1S/C16H23N3O2/c1-13(15-6-4-3-5-7-15)17-16(21)12-18-8-10-19(11-9-18)14(2)20/h3-7,13H,8-12H2,1-2H3,(H,17,21)/t13-/m1/s1. The van der Waals surface area contributed by atoms with Crippen molar-refractivity contribution in [2.24, 2.45) is 0 Å². The molecule has 5 nitrogen and oxygen atoms in total. The number of amides is 2. The van der Waals surface area contributed by atoms with E-state index in [4.69, 9.17) is 0 Å². The van der Waals surface area contributed by atoms with Gasteiger partial charge in [-0.3, -0.25) is 14.5 Å². The predicted molar refractivity (Wildman–Crippen MR) is 81.7 cm³/mol. The minimum Gasteiger partial charge on any atom is -0.348 e. The van der Waals surface area contributed by atoms with Gasteiger partial charge in [-0.15, -0.1) is 0 Å². The zero-order valence-corrected chi connectivity index (χ0v) is 12.7. The van der Waals surface area contributed by atoms with Gasteiger partial charge in [0.15, 0.2) is 0 Å². The van der Waals surface area contributed by atoms with Crippen LogP contribution in [0.1, 0.15) is 25.5 Å². The first-order valence-corrected chi connectivity index (χ1v) is 7.38. The van der Waals surface area contributed by atoms with E-state index in [1.54, 1.807) is 6.92 Å².